The Hall–Kier alpha value is -1.78. The number of Topliss-reactive ketones (excluding diaryl/α,β-unsaturated/α-hetero) is 1. The van der Waals surface area contributed by atoms with Crippen LogP contribution in [0, 0.1) is 5.41 Å². The van der Waals surface area contributed by atoms with Crippen LogP contribution in [-0.2, 0) is 4.79 Å². The van der Waals surface area contributed by atoms with Crippen LogP contribution in [0.5, 0.6) is 0 Å². The lowest BCUT2D eigenvalue weighted by Crippen LogP contribution is -2.33. The summed E-state index contributed by atoms with van der Waals surface area (Å²) < 4.78 is 0. The molecule has 0 atom stereocenters. The number of aliphatic carboxylic acids is 1. The summed E-state index contributed by atoms with van der Waals surface area (Å²) in [4.78, 5) is 29.8. The molecule has 0 aliphatic heterocycles. The second-order valence-electron chi connectivity index (χ2n) is 3.35. The molecule has 0 aromatic carbocycles. The largest absolute Gasteiger partial charge is 0.481 e. The normalized spacial score (nSPS) is 11.0. The van der Waals surface area contributed by atoms with Gasteiger partial charge in [0.1, 0.15) is 11.1 Å². The molecule has 0 radical (unpaired) electrons. The highest BCUT2D eigenvalue weighted by atomic mass is 16.4. The highest BCUT2D eigenvalue weighted by Gasteiger charge is 2.37. The van der Waals surface area contributed by atoms with Crippen LogP contribution < -0.4 is 0 Å². The van der Waals surface area contributed by atoms with Crippen LogP contribution >= 0.6 is 0 Å². The first-order valence-electron chi connectivity index (χ1n) is 4.00. The van der Waals surface area contributed by atoms with Crippen LogP contribution in [0.3, 0.4) is 0 Å². The molecule has 0 saturated heterocycles. The molecule has 5 nitrogen and oxygen atoms in total. The van der Waals surface area contributed by atoms with Gasteiger partial charge in [0.05, 0.1) is 6.20 Å². The zero-order valence-corrected chi connectivity index (χ0v) is 7.89. The number of carbonyl (C=O) groups is 2. The Morgan fingerprint density at radius 1 is 1.36 bits per heavy atom. The van der Waals surface area contributed by atoms with E-state index >= 15 is 0 Å². The second-order valence-corrected chi connectivity index (χ2v) is 3.35. The highest BCUT2D eigenvalue weighted by Crippen LogP contribution is 2.20. The number of ketones is 1. The standard InChI is InChI=1S/C9H10N2O3/c1-9(2,8(13)14)7(12)6-5-10-3-4-11-6/h3-5H,1-2H3,(H,13,14). The van der Waals surface area contributed by atoms with Crippen molar-refractivity contribution in [1.82, 2.24) is 9.97 Å². The summed E-state index contributed by atoms with van der Waals surface area (Å²) in [6.45, 7) is 2.68. The molecule has 0 aliphatic rings. The SMILES string of the molecule is CC(C)(C(=O)O)C(=O)c1cnccn1. The van der Waals surface area contributed by atoms with Gasteiger partial charge in [0.25, 0.3) is 0 Å². The summed E-state index contributed by atoms with van der Waals surface area (Å²) in [6.07, 6.45) is 4.03. The van der Waals surface area contributed by atoms with Crippen LogP contribution in [0.1, 0.15) is 24.3 Å². The number of carboxylic acids is 1. The van der Waals surface area contributed by atoms with Crippen molar-refractivity contribution in [2.24, 2.45) is 5.41 Å². The summed E-state index contributed by atoms with van der Waals surface area (Å²) >= 11 is 0. The lowest BCUT2D eigenvalue weighted by atomic mass is 9.87. The number of carbonyl (C=O) groups excluding carboxylic acids is 1. The van der Waals surface area contributed by atoms with Crippen LogP contribution in [0.25, 0.3) is 0 Å². The monoisotopic (exact) mass is 194 g/mol. The lowest BCUT2D eigenvalue weighted by Gasteiger charge is -2.16. The van der Waals surface area contributed by atoms with E-state index in [2.05, 4.69) is 9.97 Å². The van der Waals surface area contributed by atoms with Crippen molar-refractivity contribution >= 4 is 11.8 Å². The van der Waals surface area contributed by atoms with Crippen molar-refractivity contribution in [2.45, 2.75) is 13.8 Å². The van der Waals surface area contributed by atoms with Gasteiger partial charge in [-0.2, -0.15) is 0 Å². The summed E-state index contributed by atoms with van der Waals surface area (Å²) in [5, 5.41) is 8.80. The van der Waals surface area contributed by atoms with Crippen LogP contribution in [0.4, 0.5) is 0 Å². The molecule has 74 valence electrons. The minimum absolute atomic E-state index is 0.0694. The summed E-state index contributed by atoms with van der Waals surface area (Å²) in [5.74, 6) is -1.72. The Labute approximate surface area is 80.8 Å². The van der Waals surface area contributed by atoms with Gasteiger partial charge < -0.3 is 5.11 Å². The van der Waals surface area contributed by atoms with Gasteiger partial charge in [0.15, 0.2) is 5.78 Å². The molecule has 1 heterocycles. The van der Waals surface area contributed by atoms with E-state index in [0.717, 1.165) is 0 Å². The maximum atomic E-state index is 11.6. The number of carboxylic acid groups (broad SMARTS) is 1. The molecular weight excluding hydrogens is 184 g/mol. The van der Waals surface area contributed by atoms with Crippen molar-refractivity contribution in [2.75, 3.05) is 0 Å². The third-order valence-electron chi connectivity index (χ3n) is 1.90. The van der Waals surface area contributed by atoms with Crippen molar-refractivity contribution in [3.63, 3.8) is 0 Å². The van der Waals surface area contributed by atoms with Gasteiger partial charge in [-0.1, -0.05) is 0 Å². The Kier molecular flexibility index (Phi) is 2.60. The summed E-state index contributed by atoms with van der Waals surface area (Å²) in [5.41, 5.74) is -1.39. The van der Waals surface area contributed by atoms with E-state index in [9.17, 15) is 9.59 Å². The average molecular weight is 194 g/mol. The zero-order valence-electron chi connectivity index (χ0n) is 7.89. The quantitative estimate of drug-likeness (QED) is 0.567. The van der Waals surface area contributed by atoms with Crippen molar-refractivity contribution in [3.05, 3.63) is 24.3 Å². The molecule has 1 aromatic rings. The molecule has 1 rings (SSSR count). The highest BCUT2D eigenvalue weighted by molar-refractivity contribution is 6.10. The number of hydrogen-bond acceptors (Lipinski definition) is 4. The molecule has 1 aromatic heterocycles. The van der Waals surface area contributed by atoms with Gasteiger partial charge in [-0.3, -0.25) is 14.6 Å². The van der Waals surface area contributed by atoms with Gasteiger partial charge >= 0.3 is 5.97 Å². The Morgan fingerprint density at radius 2 is 2.00 bits per heavy atom. The van der Waals surface area contributed by atoms with Gasteiger partial charge in [-0.25, -0.2) is 4.98 Å². The Morgan fingerprint density at radius 3 is 2.43 bits per heavy atom. The van der Waals surface area contributed by atoms with Crippen LogP contribution in [0.15, 0.2) is 18.6 Å². The molecule has 14 heavy (non-hydrogen) atoms. The minimum atomic E-state index is -1.46. The predicted molar refractivity (Wildman–Crippen MR) is 47.8 cm³/mol. The third-order valence-corrected chi connectivity index (χ3v) is 1.90. The van der Waals surface area contributed by atoms with E-state index in [4.69, 9.17) is 5.11 Å². The number of nitrogens with zero attached hydrogens (tertiary/aromatic N) is 2. The molecule has 1 N–H and O–H groups in total. The fourth-order valence-corrected chi connectivity index (χ4v) is 0.834. The second kappa shape index (κ2) is 3.53. The van der Waals surface area contributed by atoms with E-state index in [1.54, 1.807) is 0 Å². The van der Waals surface area contributed by atoms with E-state index in [0.29, 0.717) is 0 Å². The first kappa shape index (κ1) is 10.3. The average Bonchev–Trinajstić information content (AvgIpc) is 2.17. The summed E-state index contributed by atoms with van der Waals surface area (Å²) in [6, 6.07) is 0. The van der Waals surface area contributed by atoms with Crippen molar-refractivity contribution in [3.8, 4) is 0 Å². The van der Waals surface area contributed by atoms with Crippen molar-refractivity contribution in [1.29, 1.82) is 0 Å². The van der Waals surface area contributed by atoms with Gasteiger partial charge in [0, 0.05) is 12.4 Å². The van der Waals surface area contributed by atoms with Gasteiger partial charge in [-0.05, 0) is 13.8 Å². The van der Waals surface area contributed by atoms with Crippen LogP contribution in [0.2, 0.25) is 0 Å². The number of hydrogen-bond donors (Lipinski definition) is 1. The first-order chi connectivity index (χ1) is 6.46. The van der Waals surface area contributed by atoms with Gasteiger partial charge in [-0.15, -0.1) is 0 Å². The molecule has 0 unspecified atom stereocenters. The smallest absolute Gasteiger partial charge is 0.317 e. The summed E-state index contributed by atoms with van der Waals surface area (Å²) in [7, 11) is 0. The maximum absolute atomic E-state index is 11.6. The van der Waals surface area contributed by atoms with Gasteiger partial charge in [0.2, 0.25) is 0 Å². The molecule has 0 amide bonds. The number of aromatic nitrogens is 2. The predicted octanol–water partition coefficient (Wildman–Crippen LogP) is 0.770. The van der Waals surface area contributed by atoms with E-state index < -0.39 is 17.2 Å². The molecular formula is C9H10N2O3. The molecule has 0 saturated carbocycles. The van der Waals surface area contributed by atoms with E-state index in [1.807, 2.05) is 0 Å². The third kappa shape index (κ3) is 1.76. The Balaban J connectivity index is 3.03. The van der Waals surface area contributed by atoms with Crippen LogP contribution in [-0.4, -0.2) is 26.8 Å². The molecule has 0 aliphatic carbocycles. The van der Waals surface area contributed by atoms with E-state index in [-0.39, 0.29) is 5.69 Å². The fraction of sp³-hybridized carbons (Fsp3) is 0.333. The van der Waals surface area contributed by atoms with E-state index in [1.165, 1.54) is 32.4 Å². The maximum Gasteiger partial charge on any atom is 0.317 e. The molecule has 0 bridgehead atoms. The zero-order chi connectivity index (χ0) is 10.8. The minimum Gasteiger partial charge on any atom is -0.481 e. The Bertz CT molecular complexity index is 360. The van der Waals surface area contributed by atoms with Crippen molar-refractivity contribution < 1.29 is 14.7 Å². The topological polar surface area (TPSA) is 80.1 Å². The molecule has 5 heteroatoms. The first-order valence-corrected chi connectivity index (χ1v) is 4.00. The molecule has 0 fully saturated rings. The molecule has 0 spiro atoms. The number of rotatable bonds is 3. The lowest BCUT2D eigenvalue weighted by molar-refractivity contribution is -0.144. The fourth-order valence-electron chi connectivity index (χ4n) is 0.834.